The Morgan fingerprint density at radius 2 is 0.507 bits per heavy atom. The van der Waals surface area contributed by atoms with Crippen molar-refractivity contribution in [1.82, 2.24) is 0 Å². The summed E-state index contributed by atoms with van der Waals surface area (Å²) in [6.45, 7) is 6.63. The molecule has 6 nitrogen and oxygen atoms in total. The molecule has 0 aliphatic rings. The Morgan fingerprint density at radius 3 is 0.803 bits per heavy atom. The van der Waals surface area contributed by atoms with Crippen LogP contribution in [0.1, 0.15) is 329 Å². The molecule has 0 saturated carbocycles. The molecule has 0 rings (SSSR count). The van der Waals surface area contributed by atoms with Gasteiger partial charge in [-0.05, 0) is 83.5 Å². The van der Waals surface area contributed by atoms with Gasteiger partial charge in [0.15, 0.2) is 6.10 Å². The highest BCUT2D eigenvalue weighted by molar-refractivity contribution is 5.71. The van der Waals surface area contributed by atoms with Gasteiger partial charge < -0.3 is 14.2 Å². The third-order valence-electron chi connectivity index (χ3n) is 13.8. The molecular formula is C65H118O6. The highest BCUT2D eigenvalue weighted by Crippen LogP contribution is 2.17. The second kappa shape index (κ2) is 59.9. The SMILES string of the molecule is CCCCC/C=C\C/C=C\CCCCCCCCCCCC(=O)O[C@H](COC(=O)CCCCCCCCC/C=C\C/C=C\CCCCC)COC(=O)CCCCCCCCCCCCCCCCCCC. The first-order chi connectivity index (χ1) is 35.0. The van der Waals surface area contributed by atoms with E-state index < -0.39 is 6.10 Å². The van der Waals surface area contributed by atoms with Crippen molar-refractivity contribution < 1.29 is 28.6 Å². The average Bonchev–Trinajstić information content (AvgIpc) is 3.37. The summed E-state index contributed by atoms with van der Waals surface area (Å²) >= 11 is 0. The van der Waals surface area contributed by atoms with E-state index in [0.29, 0.717) is 19.3 Å². The molecule has 0 unspecified atom stereocenters. The largest absolute Gasteiger partial charge is 0.462 e. The highest BCUT2D eigenvalue weighted by Gasteiger charge is 2.19. The fraction of sp³-hybridized carbons (Fsp3) is 0.831. The summed E-state index contributed by atoms with van der Waals surface area (Å²) in [4.78, 5) is 38.3. The molecule has 71 heavy (non-hydrogen) atoms. The first-order valence-corrected chi connectivity index (χ1v) is 31.1. The molecule has 0 aliphatic carbocycles. The fourth-order valence-electron chi connectivity index (χ4n) is 9.09. The standard InChI is InChI=1S/C65H118O6/c1-4-7-10-13-16-19-22-25-28-31-32-35-38-41-44-47-50-53-56-59-65(68)71-62(60-69-63(66)57-54-51-48-45-42-39-36-33-29-26-23-20-17-14-11-8-5-2)61-70-64(67)58-55-52-49-46-43-40-37-34-30-27-24-21-18-15-12-9-6-3/h16-17,19-20,25-26,28-29,62H,4-15,18,21-24,27,30-61H2,1-3H3/b19-16-,20-17-,28-25-,29-26-/t62-/m1/s1. The lowest BCUT2D eigenvalue weighted by molar-refractivity contribution is -0.167. The van der Waals surface area contributed by atoms with Gasteiger partial charge in [-0.15, -0.1) is 0 Å². The van der Waals surface area contributed by atoms with Crippen LogP contribution in [-0.2, 0) is 28.6 Å². The van der Waals surface area contributed by atoms with Crippen LogP contribution >= 0.6 is 0 Å². The Balaban J connectivity index is 4.36. The summed E-state index contributed by atoms with van der Waals surface area (Å²) in [6.07, 6.45) is 73.9. The smallest absolute Gasteiger partial charge is 0.306 e. The monoisotopic (exact) mass is 995 g/mol. The van der Waals surface area contributed by atoms with E-state index in [1.807, 2.05) is 0 Å². The van der Waals surface area contributed by atoms with Crippen molar-refractivity contribution in [2.45, 2.75) is 335 Å². The molecule has 0 saturated heterocycles. The molecular weight excluding hydrogens is 877 g/mol. The number of carbonyl (C=O) groups excluding carboxylic acids is 3. The molecule has 0 N–H and O–H groups in total. The van der Waals surface area contributed by atoms with Crippen molar-refractivity contribution in [3.63, 3.8) is 0 Å². The fourth-order valence-corrected chi connectivity index (χ4v) is 9.09. The number of carbonyl (C=O) groups is 3. The Kier molecular flexibility index (Phi) is 57.7. The summed E-state index contributed by atoms with van der Waals surface area (Å²) < 4.78 is 16.9. The zero-order chi connectivity index (χ0) is 51.4. The zero-order valence-corrected chi connectivity index (χ0v) is 47.5. The maximum atomic E-state index is 12.9. The third kappa shape index (κ3) is 58.1. The lowest BCUT2D eigenvalue weighted by Gasteiger charge is -2.18. The van der Waals surface area contributed by atoms with Gasteiger partial charge in [-0.25, -0.2) is 0 Å². The molecule has 0 amide bonds. The lowest BCUT2D eigenvalue weighted by atomic mass is 10.0. The maximum Gasteiger partial charge on any atom is 0.306 e. The summed E-state index contributed by atoms with van der Waals surface area (Å²) in [5, 5.41) is 0. The van der Waals surface area contributed by atoms with Crippen LogP contribution in [0.2, 0.25) is 0 Å². The normalized spacial score (nSPS) is 12.3. The van der Waals surface area contributed by atoms with E-state index in [4.69, 9.17) is 14.2 Å². The number of hydrogen-bond acceptors (Lipinski definition) is 6. The molecule has 0 aromatic carbocycles. The van der Waals surface area contributed by atoms with E-state index in [2.05, 4.69) is 69.4 Å². The molecule has 0 aromatic rings. The number of unbranched alkanes of at least 4 members (excludes halogenated alkanes) is 38. The van der Waals surface area contributed by atoms with E-state index in [1.165, 1.54) is 212 Å². The van der Waals surface area contributed by atoms with Crippen LogP contribution < -0.4 is 0 Å². The Labute approximate surface area is 441 Å². The second-order valence-corrected chi connectivity index (χ2v) is 21.0. The van der Waals surface area contributed by atoms with E-state index in [1.54, 1.807) is 0 Å². The number of hydrogen-bond donors (Lipinski definition) is 0. The molecule has 6 heteroatoms. The van der Waals surface area contributed by atoms with Gasteiger partial charge in [0.1, 0.15) is 13.2 Å². The van der Waals surface area contributed by atoms with Crippen molar-refractivity contribution in [2.24, 2.45) is 0 Å². The highest BCUT2D eigenvalue weighted by atomic mass is 16.6. The zero-order valence-electron chi connectivity index (χ0n) is 47.5. The third-order valence-corrected chi connectivity index (χ3v) is 13.8. The van der Waals surface area contributed by atoms with Gasteiger partial charge >= 0.3 is 17.9 Å². The minimum absolute atomic E-state index is 0.0738. The van der Waals surface area contributed by atoms with Gasteiger partial charge in [-0.3, -0.25) is 14.4 Å². The summed E-state index contributed by atoms with van der Waals surface area (Å²) in [7, 11) is 0. The van der Waals surface area contributed by atoms with Gasteiger partial charge in [-0.2, -0.15) is 0 Å². The molecule has 1 atom stereocenters. The Bertz CT molecular complexity index is 1230. The first-order valence-electron chi connectivity index (χ1n) is 31.1. The van der Waals surface area contributed by atoms with Crippen molar-refractivity contribution in [1.29, 1.82) is 0 Å². The van der Waals surface area contributed by atoms with E-state index in [0.717, 1.165) is 77.0 Å². The lowest BCUT2D eigenvalue weighted by Crippen LogP contribution is -2.30. The van der Waals surface area contributed by atoms with Crippen molar-refractivity contribution >= 4 is 17.9 Å². The summed E-state index contributed by atoms with van der Waals surface area (Å²) in [5.74, 6) is -0.866. The molecule has 0 bridgehead atoms. The van der Waals surface area contributed by atoms with Crippen LogP contribution in [0.5, 0.6) is 0 Å². The molecule has 0 radical (unpaired) electrons. The van der Waals surface area contributed by atoms with Gasteiger partial charge in [0.2, 0.25) is 0 Å². The molecule has 0 aromatic heterocycles. The van der Waals surface area contributed by atoms with Gasteiger partial charge in [0.25, 0.3) is 0 Å². The van der Waals surface area contributed by atoms with Crippen LogP contribution in [0.25, 0.3) is 0 Å². The maximum absolute atomic E-state index is 12.9. The Hall–Kier alpha value is -2.63. The van der Waals surface area contributed by atoms with Crippen LogP contribution in [-0.4, -0.2) is 37.2 Å². The second-order valence-electron chi connectivity index (χ2n) is 21.0. The van der Waals surface area contributed by atoms with Crippen molar-refractivity contribution in [3.05, 3.63) is 48.6 Å². The number of esters is 3. The van der Waals surface area contributed by atoms with Gasteiger partial charge in [0.05, 0.1) is 0 Å². The minimum atomic E-state index is -0.777. The molecule has 0 fully saturated rings. The predicted molar refractivity (Wildman–Crippen MR) is 307 cm³/mol. The molecule has 0 aliphatic heterocycles. The molecule has 0 spiro atoms. The molecule has 414 valence electrons. The minimum Gasteiger partial charge on any atom is -0.462 e. The van der Waals surface area contributed by atoms with Crippen LogP contribution in [0.4, 0.5) is 0 Å². The van der Waals surface area contributed by atoms with E-state index in [9.17, 15) is 14.4 Å². The van der Waals surface area contributed by atoms with Crippen LogP contribution in [0, 0.1) is 0 Å². The van der Waals surface area contributed by atoms with Gasteiger partial charge in [-0.1, -0.05) is 275 Å². The van der Waals surface area contributed by atoms with Gasteiger partial charge in [0, 0.05) is 19.3 Å². The van der Waals surface area contributed by atoms with Crippen molar-refractivity contribution in [2.75, 3.05) is 13.2 Å². The van der Waals surface area contributed by atoms with Crippen LogP contribution in [0.3, 0.4) is 0 Å². The number of allylic oxidation sites excluding steroid dienone is 8. The predicted octanol–water partition coefficient (Wildman–Crippen LogP) is 21.0. The average molecular weight is 996 g/mol. The van der Waals surface area contributed by atoms with E-state index in [-0.39, 0.29) is 31.1 Å². The van der Waals surface area contributed by atoms with Crippen molar-refractivity contribution in [3.8, 4) is 0 Å². The Morgan fingerprint density at radius 1 is 0.282 bits per heavy atom. The van der Waals surface area contributed by atoms with E-state index >= 15 is 0 Å². The summed E-state index contributed by atoms with van der Waals surface area (Å²) in [5.41, 5.74) is 0. The van der Waals surface area contributed by atoms with Crippen LogP contribution in [0.15, 0.2) is 48.6 Å². The topological polar surface area (TPSA) is 78.9 Å². The number of rotatable bonds is 57. The number of ether oxygens (including phenoxy) is 3. The molecule has 0 heterocycles. The first kappa shape index (κ1) is 68.4. The quantitative estimate of drug-likeness (QED) is 0.0261. The summed E-state index contributed by atoms with van der Waals surface area (Å²) in [6, 6.07) is 0.